The van der Waals surface area contributed by atoms with Crippen molar-refractivity contribution in [2.24, 2.45) is 0 Å². The second-order valence-electron chi connectivity index (χ2n) is 6.50. The van der Waals surface area contributed by atoms with Crippen LogP contribution in [0, 0.1) is 12.7 Å². The highest BCUT2D eigenvalue weighted by atomic mass is 35.5. The third-order valence-corrected chi connectivity index (χ3v) is 4.33. The fraction of sp³-hybridized carbons (Fsp3) is 0.250. The van der Waals surface area contributed by atoms with Crippen molar-refractivity contribution in [3.8, 4) is 0 Å². The number of aromatic nitrogens is 3. The Morgan fingerprint density at radius 3 is 1.90 bits per heavy atom. The molecule has 0 spiro atoms. The van der Waals surface area contributed by atoms with Gasteiger partial charge in [-0.25, -0.2) is 4.39 Å². The predicted molar refractivity (Wildman–Crippen MR) is 114 cm³/mol. The molecule has 3 aromatic rings. The molecule has 0 unspecified atom stereocenters. The van der Waals surface area contributed by atoms with Crippen molar-refractivity contribution in [1.82, 2.24) is 15.0 Å². The second kappa shape index (κ2) is 9.49. The summed E-state index contributed by atoms with van der Waals surface area (Å²) in [5.41, 5.74) is 2.76. The van der Waals surface area contributed by atoms with Crippen molar-refractivity contribution in [1.29, 1.82) is 0 Å². The van der Waals surface area contributed by atoms with E-state index in [9.17, 15) is 4.39 Å². The first kappa shape index (κ1) is 20.8. The van der Waals surface area contributed by atoms with Crippen LogP contribution in [-0.4, -0.2) is 41.3 Å². The lowest BCUT2D eigenvalue weighted by Gasteiger charge is -2.27. The van der Waals surface area contributed by atoms with Crippen LogP contribution in [0.2, 0.25) is 0 Å². The fourth-order valence-electron chi connectivity index (χ4n) is 2.81. The molecule has 1 aliphatic heterocycles. The molecule has 29 heavy (non-hydrogen) atoms. The van der Waals surface area contributed by atoms with Gasteiger partial charge in [0.1, 0.15) is 5.82 Å². The maximum absolute atomic E-state index is 13.2. The molecule has 152 valence electrons. The van der Waals surface area contributed by atoms with Gasteiger partial charge in [0.25, 0.3) is 0 Å². The Kier molecular flexibility index (Phi) is 6.79. The molecule has 2 aromatic carbocycles. The molecule has 4 rings (SSSR count). The number of aryl methyl sites for hydroxylation is 1. The maximum atomic E-state index is 13.2. The number of halogens is 2. The number of nitrogens with zero attached hydrogens (tertiary/aromatic N) is 4. The number of hydrogen-bond donors (Lipinski definition) is 2. The number of ether oxygens (including phenoxy) is 1. The zero-order valence-electron chi connectivity index (χ0n) is 15.9. The van der Waals surface area contributed by atoms with Crippen LogP contribution in [0.4, 0.5) is 33.6 Å². The highest BCUT2D eigenvalue weighted by Gasteiger charge is 2.17. The van der Waals surface area contributed by atoms with E-state index in [1.54, 1.807) is 12.1 Å². The van der Waals surface area contributed by atoms with Crippen molar-refractivity contribution < 1.29 is 9.13 Å². The topological polar surface area (TPSA) is 75.2 Å². The summed E-state index contributed by atoms with van der Waals surface area (Å²) in [5.74, 6) is 1.09. The summed E-state index contributed by atoms with van der Waals surface area (Å²) in [4.78, 5) is 15.6. The van der Waals surface area contributed by atoms with Gasteiger partial charge in [-0.2, -0.15) is 15.0 Å². The minimum Gasteiger partial charge on any atom is -0.378 e. The Hall–Kier alpha value is -2.97. The molecule has 0 saturated carbocycles. The predicted octanol–water partition coefficient (Wildman–Crippen LogP) is 4.06. The van der Waals surface area contributed by atoms with Crippen LogP contribution in [0.25, 0.3) is 0 Å². The summed E-state index contributed by atoms with van der Waals surface area (Å²) < 4.78 is 18.6. The van der Waals surface area contributed by atoms with Gasteiger partial charge in [0.05, 0.1) is 13.2 Å². The van der Waals surface area contributed by atoms with Crippen LogP contribution < -0.4 is 15.5 Å². The van der Waals surface area contributed by atoms with E-state index in [0.717, 1.165) is 5.69 Å². The molecule has 0 aliphatic carbocycles. The fourth-order valence-corrected chi connectivity index (χ4v) is 2.81. The monoisotopic (exact) mass is 416 g/mol. The van der Waals surface area contributed by atoms with E-state index in [1.165, 1.54) is 17.7 Å². The molecule has 1 aromatic heterocycles. The largest absolute Gasteiger partial charge is 0.378 e. The second-order valence-corrected chi connectivity index (χ2v) is 6.50. The van der Waals surface area contributed by atoms with Gasteiger partial charge in [-0.1, -0.05) is 17.7 Å². The molecule has 1 aliphatic rings. The van der Waals surface area contributed by atoms with E-state index in [0.29, 0.717) is 49.8 Å². The van der Waals surface area contributed by atoms with Gasteiger partial charge in [0, 0.05) is 24.5 Å². The SMILES string of the molecule is Cc1ccc(Nc2nc(Nc3ccc(F)cc3)nc(N3CCOCC3)n2)cc1.Cl. The van der Waals surface area contributed by atoms with Crippen LogP contribution in [-0.2, 0) is 4.74 Å². The van der Waals surface area contributed by atoms with Crippen molar-refractivity contribution in [2.45, 2.75) is 6.92 Å². The average Bonchev–Trinajstić information content (AvgIpc) is 2.72. The summed E-state index contributed by atoms with van der Waals surface area (Å²) in [6.45, 7) is 4.72. The first-order valence-electron chi connectivity index (χ1n) is 9.11. The molecule has 0 radical (unpaired) electrons. The minimum atomic E-state index is -0.295. The van der Waals surface area contributed by atoms with Gasteiger partial charge in [0.2, 0.25) is 17.8 Å². The molecular weight excluding hydrogens is 395 g/mol. The van der Waals surface area contributed by atoms with Gasteiger partial charge >= 0.3 is 0 Å². The molecule has 2 N–H and O–H groups in total. The lowest BCUT2D eigenvalue weighted by Crippen LogP contribution is -2.37. The number of morpholine rings is 1. The third kappa shape index (κ3) is 5.52. The normalized spacial score (nSPS) is 13.5. The van der Waals surface area contributed by atoms with Gasteiger partial charge in [-0.05, 0) is 43.3 Å². The summed E-state index contributed by atoms with van der Waals surface area (Å²) in [6.07, 6.45) is 0. The van der Waals surface area contributed by atoms with Gasteiger partial charge in [-0.15, -0.1) is 12.4 Å². The lowest BCUT2D eigenvalue weighted by atomic mass is 10.2. The van der Waals surface area contributed by atoms with Crippen LogP contribution in [0.3, 0.4) is 0 Å². The van der Waals surface area contributed by atoms with Crippen LogP contribution in [0.15, 0.2) is 48.5 Å². The zero-order chi connectivity index (χ0) is 19.3. The van der Waals surface area contributed by atoms with Gasteiger partial charge in [0.15, 0.2) is 0 Å². The average molecular weight is 417 g/mol. The summed E-state index contributed by atoms with van der Waals surface area (Å²) in [6, 6.07) is 14.0. The number of nitrogens with one attached hydrogen (secondary N) is 2. The first-order chi connectivity index (χ1) is 13.7. The molecule has 0 bridgehead atoms. The number of rotatable bonds is 5. The van der Waals surface area contributed by atoms with E-state index in [1.807, 2.05) is 31.2 Å². The maximum Gasteiger partial charge on any atom is 0.233 e. The third-order valence-electron chi connectivity index (χ3n) is 4.33. The van der Waals surface area contributed by atoms with Crippen molar-refractivity contribution in [3.63, 3.8) is 0 Å². The Labute approximate surface area is 174 Å². The zero-order valence-corrected chi connectivity index (χ0v) is 16.7. The molecular formula is C20H22ClFN6O. The standard InChI is InChI=1S/C20H21FN6O.ClH/c1-14-2-6-16(7-3-14)22-18-24-19(23-17-8-4-15(21)5-9-17)26-20(25-18)27-10-12-28-13-11-27;/h2-9H,10-13H2,1H3,(H2,22,23,24,25,26);1H. The van der Waals surface area contributed by atoms with E-state index >= 15 is 0 Å². The highest BCUT2D eigenvalue weighted by Crippen LogP contribution is 2.21. The van der Waals surface area contributed by atoms with Crippen LogP contribution in [0.1, 0.15) is 5.56 Å². The van der Waals surface area contributed by atoms with Gasteiger partial charge in [-0.3, -0.25) is 0 Å². The number of hydrogen-bond acceptors (Lipinski definition) is 7. The van der Waals surface area contributed by atoms with Crippen LogP contribution in [0.5, 0.6) is 0 Å². The van der Waals surface area contributed by atoms with Gasteiger partial charge < -0.3 is 20.3 Å². The van der Waals surface area contributed by atoms with E-state index < -0.39 is 0 Å². The number of anilines is 5. The quantitative estimate of drug-likeness (QED) is 0.649. The number of benzene rings is 2. The molecule has 1 saturated heterocycles. The Balaban J connectivity index is 0.00000240. The van der Waals surface area contributed by atoms with Crippen molar-refractivity contribution >= 4 is 41.6 Å². The molecule has 2 heterocycles. The van der Waals surface area contributed by atoms with E-state index in [2.05, 4.69) is 30.5 Å². The van der Waals surface area contributed by atoms with Crippen LogP contribution >= 0.6 is 12.4 Å². The molecule has 7 nitrogen and oxygen atoms in total. The van der Waals surface area contributed by atoms with Crippen molar-refractivity contribution in [3.05, 3.63) is 59.9 Å². The smallest absolute Gasteiger partial charge is 0.233 e. The molecule has 1 fully saturated rings. The Morgan fingerprint density at radius 2 is 1.34 bits per heavy atom. The summed E-state index contributed by atoms with van der Waals surface area (Å²) in [5, 5.41) is 6.34. The molecule has 0 amide bonds. The van der Waals surface area contributed by atoms with Crippen molar-refractivity contribution in [2.75, 3.05) is 41.8 Å². The Morgan fingerprint density at radius 1 is 0.828 bits per heavy atom. The molecule has 0 atom stereocenters. The molecule has 9 heteroatoms. The first-order valence-corrected chi connectivity index (χ1v) is 9.11. The lowest BCUT2D eigenvalue weighted by molar-refractivity contribution is 0.122. The Bertz CT molecular complexity index is 867. The highest BCUT2D eigenvalue weighted by molar-refractivity contribution is 5.85. The summed E-state index contributed by atoms with van der Waals surface area (Å²) >= 11 is 0. The minimum absolute atomic E-state index is 0. The van der Waals surface area contributed by atoms with E-state index in [-0.39, 0.29) is 18.2 Å². The summed E-state index contributed by atoms with van der Waals surface area (Å²) in [7, 11) is 0. The van der Waals surface area contributed by atoms with E-state index in [4.69, 9.17) is 4.74 Å².